The fraction of sp³-hybridized carbons (Fsp3) is 0.200. The molecule has 1 aliphatic heterocycles. The van der Waals surface area contributed by atoms with E-state index in [1.165, 1.54) is 0 Å². The number of para-hydroxylation sites is 2. The minimum Gasteiger partial charge on any atom is -0.479 e. The van der Waals surface area contributed by atoms with Crippen molar-refractivity contribution >= 4 is 11.5 Å². The summed E-state index contributed by atoms with van der Waals surface area (Å²) in [6.45, 7) is 0.515. The van der Waals surface area contributed by atoms with Gasteiger partial charge < -0.3 is 10.1 Å². The lowest BCUT2D eigenvalue weighted by atomic mass is 10.1. The van der Waals surface area contributed by atoms with Gasteiger partial charge in [0.05, 0.1) is 12.2 Å². The molecule has 0 saturated heterocycles. The summed E-state index contributed by atoms with van der Waals surface area (Å²) in [5.41, 5.74) is 1.90. The summed E-state index contributed by atoms with van der Waals surface area (Å²) >= 11 is 0. The van der Waals surface area contributed by atoms with E-state index in [0.717, 1.165) is 17.0 Å². The van der Waals surface area contributed by atoms with Crippen LogP contribution in [0, 0.1) is 0 Å². The van der Waals surface area contributed by atoms with Crippen LogP contribution in [0.2, 0.25) is 0 Å². The van der Waals surface area contributed by atoms with Gasteiger partial charge >= 0.3 is 0 Å². The molecular weight excluding hydrogens is 240 g/mol. The Morgan fingerprint density at radius 2 is 2.05 bits per heavy atom. The number of fused-ring (bicyclic) bond motifs is 1. The number of rotatable bonds is 3. The highest BCUT2D eigenvalue weighted by Gasteiger charge is 2.25. The van der Waals surface area contributed by atoms with Crippen LogP contribution in [0.5, 0.6) is 5.75 Å². The molecule has 1 aromatic heterocycles. The molecule has 1 atom stereocenters. The van der Waals surface area contributed by atoms with Crippen molar-refractivity contribution in [1.82, 2.24) is 4.98 Å². The smallest absolute Gasteiger partial charge is 0.179 e. The molecule has 3 rings (SSSR count). The maximum atomic E-state index is 12.2. The molecule has 0 aliphatic carbocycles. The first-order valence-corrected chi connectivity index (χ1v) is 6.24. The monoisotopic (exact) mass is 254 g/mol. The molecule has 4 nitrogen and oxygen atoms in total. The van der Waals surface area contributed by atoms with Crippen LogP contribution < -0.4 is 10.1 Å². The maximum absolute atomic E-state index is 12.2. The van der Waals surface area contributed by atoms with Crippen LogP contribution in [0.3, 0.4) is 0 Å². The second-order valence-corrected chi connectivity index (χ2v) is 4.48. The molecule has 0 bridgehead atoms. The van der Waals surface area contributed by atoms with Crippen molar-refractivity contribution in [3.63, 3.8) is 0 Å². The Bertz CT molecular complexity index is 584. The Balaban J connectivity index is 1.70. The van der Waals surface area contributed by atoms with Crippen molar-refractivity contribution in [2.45, 2.75) is 12.5 Å². The molecular formula is C15H14N2O2. The fourth-order valence-corrected chi connectivity index (χ4v) is 2.11. The van der Waals surface area contributed by atoms with Gasteiger partial charge in [-0.1, -0.05) is 12.1 Å². The van der Waals surface area contributed by atoms with E-state index in [9.17, 15) is 4.79 Å². The van der Waals surface area contributed by atoms with Crippen LogP contribution >= 0.6 is 0 Å². The van der Waals surface area contributed by atoms with E-state index in [1.807, 2.05) is 36.4 Å². The summed E-state index contributed by atoms with van der Waals surface area (Å²) in [4.78, 5) is 16.1. The van der Waals surface area contributed by atoms with Crippen molar-refractivity contribution < 1.29 is 9.53 Å². The normalized spacial score (nSPS) is 16.9. The number of ether oxygens (including phenoxy) is 1. The summed E-state index contributed by atoms with van der Waals surface area (Å²) in [6.07, 6.45) is 3.33. The minimum absolute atomic E-state index is 0.0770. The van der Waals surface area contributed by atoms with Crippen LogP contribution in [-0.2, 0) is 11.2 Å². The highest BCUT2D eigenvalue weighted by atomic mass is 16.5. The molecule has 1 N–H and O–H groups in total. The number of pyridine rings is 1. The number of ketones is 1. The molecule has 1 aliphatic rings. The second-order valence-electron chi connectivity index (χ2n) is 4.48. The van der Waals surface area contributed by atoms with Gasteiger partial charge in [-0.25, -0.2) is 0 Å². The molecule has 4 heteroatoms. The maximum Gasteiger partial charge on any atom is 0.179 e. The zero-order valence-corrected chi connectivity index (χ0v) is 10.4. The van der Waals surface area contributed by atoms with E-state index in [4.69, 9.17) is 4.74 Å². The lowest BCUT2D eigenvalue weighted by Crippen LogP contribution is -2.38. The van der Waals surface area contributed by atoms with Gasteiger partial charge in [0.15, 0.2) is 11.9 Å². The summed E-state index contributed by atoms with van der Waals surface area (Å²) < 4.78 is 5.74. The van der Waals surface area contributed by atoms with Crippen molar-refractivity contribution in [2.75, 3.05) is 11.9 Å². The summed E-state index contributed by atoms with van der Waals surface area (Å²) in [7, 11) is 0. The number of hydrogen-bond acceptors (Lipinski definition) is 4. The van der Waals surface area contributed by atoms with Crippen LogP contribution in [0.15, 0.2) is 48.8 Å². The minimum atomic E-state index is -0.428. The number of hydrogen-bond donors (Lipinski definition) is 1. The first kappa shape index (κ1) is 11.7. The van der Waals surface area contributed by atoms with Gasteiger partial charge in [-0.05, 0) is 29.8 Å². The van der Waals surface area contributed by atoms with Gasteiger partial charge in [-0.2, -0.15) is 0 Å². The first-order valence-electron chi connectivity index (χ1n) is 6.24. The van der Waals surface area contributed by atoms with Gasteiger partial charge in [0.25, 0.3) is 0 Å². The van der Waals surface area contributed by atoms with Crippen LogP contribution in [-0.4, -0.2) is 23.4 Å². The average Bonchev–Trinajstić information content (AvgIpc) is 2.48. The predicted molar refractivity (Wildman–Crippen MR) is 72.3 cm³/mol. The van der Waals surface area contributed by atoms with Crippen molar-refractivity contribution in [3.8, 4) is 5.75 Å². The van der Waals surface area contributed by atoms with Crippen molar-refractivity contribution in [2.24, 2.45) is 0 Å². The van der Waals surface area contributed by atoms with Crippen LogP contribution in [0.4, 0.5) is 5.69 Å². The van der Waals surface area contributed by atoms with Crippen LogP contribution in [0.1, 0.15) is 5.56 Å². The molecule has 96 valence electrons. The molecule has 0 fully saturated rings. The van der Waals surface area contributed by atoms with E-state index in [0.29, 0.717) is 13.0 Å². The van der Waals surface area contributed by atoms with Crippen LogP contribution in [0.25, 0.3) is 0 Å². The standard InChI is InChI=1S/C15H14N2O2/c18-13(9-11-5-7-16-8-6-11)15-10-17-12-3-1-2-4-14(12)19-15/h1-8,15,17H,9-10H2. The summed E-state index contributed by atoms with van der Waals surface area (Å²) in [6, 6.07) is 11.3. The zero-order valence-electron chi connectivity index (χ0n) is 10.4. The highest BCUT2D eigenvalue weighted by molar-refractivity contribution is 5.87. The van der Waals surface area contributed by atoms with Gasteiger partial charge in [0, 0.05) is 18.8 Å². The SMILES string of the molecule is O=C(Cc1ccncc1)C1CNc2ccccc2O1. The average molecular weight is 254 g/mol. The fourth-order valence-electron chi connectivity index (χ4n) is 2.11. The number of nitrogens with zero attached hydrogens (tertiary/aromatic N) is 1. The number of anilines is 1. The van der Waals surface area contributed by atoms with E-state index in [2.05, 4.69) is 10.3 Å². The number of Topliss-reactive ketones (excluding diaryl/α,β-unsaturated/α-hetero) is 1. The predicted octanol–water partition coefficient (Wildman–Crippen LogP) is 2.07. The Morgan fingerprint density at radius 3 is 2.89 bits per heavy atom. The third kappa shape index (κ3) is 2.57. The van der Waals surface area contributed by atoms with Gasteiger partial charge in [-0.15, -0.1) is 0 Å². The zero-order chi connectivity index (χ0) is 13.1. The van der Waals surface area contributed by atoms with Crippen molar-refractivity contribution in [1.29, 1.82) is 0 Å². The number of aromatic nitrogens is 1. The number of benzene rings is 1. The third-order valence-corrected chi connectivity index (χ3v) is 3.12. The Labute approximate surface area is 111 Å². The first-order chi connectivity index (χ1) is 9.33. The van der Waals surface area contributed by atoms with Gasteiger partial charge in [0.1, 0.15) is 5.75 Å². The third-order valence-electron chi connectivity index (χ3n) is 3.12. The second kappa shape index (κ2) is 5.10. The van der Waals surface area contributed by atoms with E-state index in [1.54, 1.807) is 12.4 Å². The molecule has 1 unspecified atom stereocenters. The topological polar surface area (TPSA) is 51.2 Å². The quantitative estimate of drug-likeness (QED) is 0.911. The van der Waals surface area contributed by atoms with E-state index in [-0.39, 0.29) is 5.78 Å². The number of carbonyl (C=O) groups is 1. The lowest BCUT2D eigenvalue weighted by molar-refractivity contribution is -0.124. The molecule has 2 heterocycles. The number of carbonyl (C=O) groups excluding carboxylic acids is 1. The molecule has 0 spiro atoms. The highest BCUT2D eigenvalue weighted by Crippen LogP contribution is 2.28. The molecule has 0 amide bonds. The van der Waals surface area contributed by atoms with Gasteiger partial charge in [0.2, 0.25) is 0 Å². The van der Waals surface area contributed by atoms with Crippen molar-refractivity contribution in [3.05, 3.63) is 54.4 Å². The Morgan fingerprint density at radius 1 is 1.26 bits per heavy atom. The summed E-state index contributed by atoms with van der Waals surface area (Å²) in [5.74, 6) is 0.815. The molecule has 2 aromatic rings. The van der Waals surface area contributed by atoms with E-state index >= 15 is 0 Å². The molecule has 0 saturated carbocycles. The Kier molecular flexibility index (Phi) is 3.14. The largest absolute Gasteiger partial charge is 0.479 e. The van der Waals surface area contributed by atoms with Gasteiger partial charge in [-0.3, -0.25) is 9.78 Å². The number of nitrogens with one attached hydrogen (secondary N) is 1. The Hall–Kier alpha value is -2.36. The lowest BCUT2D eigenvalue weighted by Gasteiger charge is -2.26. The molecule has 19 heavy (non-hydrogen) atoms. The molecule has 1 aromatic carbocycles. The van der Waals surface area contributed by atoms with E-state index < -0.39 is 6.10 Å². The summed E-state index contributed by atoms with van der Waals surface area (Å²) in [5, 5.41) is 3.22. The molecule has 0 radical (unpaired) electrons.